The van der Waals surface area contributed by atoms with Gasteiger partial charge in [0.05, 0.1) is 0 Å². The molecule has 0 atom stereocenters. The summed E-state index contributed by atoms with van der Waals surface area (Å²) < 4.78 is 0. The highest BCUT2D eigenvalue weighted by molar-refractivity contribution is 5.82. The lowest BCUT2D eigenvalue weighted by Crippen LogP contribution is -1.84. The van der Waals surface area contributed by atoms with Crippen molar-refractivity contribution in [2.45, 2.75) is 0 Å². The maximum absolute atomic E-state index is 10.5. The van der Waals surface area contributed by atoms with Crippen molar-refractivity contribution in [2.75, 3.05) is 0 Å². The lowest BCUT2D eigenvalue weighted by molar-refractivity contribution is 0.474. The van der Waals surface area contributed by atoms with Crippen LogP contribution in [0, 0.1) is 0 Å². The number of phenolic OH excluding ortho intramolecular Hbond substituents is 2. The van der Waals surface area contributed by atoms with Gasteiger partial charge in [0.25, 0.3) is 0 Å². The first-order chi connectivity index (χ1) is 9.75. The molecule has 2 N–H and O–H groups in total. The predicted molar refractivity (Wildman–Crippen MR) is 80.6 cm³/mol. The summed E-state index contributed by atoms with van der Waals surface area (Å²) in [5.74, 6) is 0.413. The predicted octanol–water partition coefficient (Wildman–Crippen LogP) is 4.43. The Morgan fingerprint density at radius 3 is 1.85 bits per heavy atom. The fourth-order valence-electron chi connectivity index (χ4n) is 2.30. The third-order valence-electron chi connectivity index (χ3n) is 3.28. The molecule has 0 aliphatic carbocycles. The number of rotatable bonds is 2. The summed E-state index contributed by atoms with van der Waals surface area (Å²) in [4.78, 5) is 0. The molecular weight excluding hydrogens is 248 g/mol. The Kier molecular flexibility index (Phi) is 3.13. The quantitative estimate of drug-likeness (QED) is 0.717. The fourth-order valence-corrected chi connectivity index (χ4v) is 2.30. The third-order valence-corrected chi connectivity index (χ3v) is 3.28. The summed E-state index contributed by atoms with van der Waals surface area (Å²) >= 11 is 0. The van der Waals surface area contributed by atoms with Crippen LogP contribution in [0.15, 0.2) is 72.8 Å². The first-order valence-electron chi connectivity index (χ1n) is 6.42. The van der Waals surface area contributed by atoms with E-state index in [1.807, 2.05) is 54.6 Å². The largest absolute Gasteiger partial charge is 0.508 e. The standard InChI is InChI=1S/C18H14O2/c19-15-9-4-8-14(12-15)17-11-5-10-16(18(17)20)13-6-2-1-3-7-13/h1-12,19-20H. The van der Waals surface area contributed by atoms with Crippen molar-refractivity contribution >= 4 is 0 Å². The molecule has 20 heavy (non-hydrogen) atoms. The van der Waals surface area contributed by atoms with Gasteiger partial charge in [0, 0.05) is 11.1 Å². The SMILES string of the molecule is Oc1cccc(-c2cccc(-c3ccccc3)c2O)c1. The fraction of sp³-hybridized carbons (Fsp3) is 0. The van der Waals surface area contributed by atoms with Crippen molar-refractivity contribution in [3.8, 4) is 33.8 Å². The van der Waals surface area contributed by atoms with Gasteiger partial charge in [-0.1, -0.05) is 60.7 Å². The van der Waals surface area contributed by atoms with Crippen LogP contribution in [0.4, 0.5) is 0 Å². The van der Waals surface area contributed by atoms with Crippen LogP contribution in [0.2, 0.25) is 0 Å². The number of hydrogen-bond acceptors (Lipinski definition) is 2. The smallest absolute Gasteiger partial charge is 0.131 e. The highest BCUT2D eigenvalue weighted by Gasteiger charge is 2.10. The normalized spacial score (nSPS) is 10.4. The van der Waals surface area contributed by atoms with Crippen LogP contribution in [-0.4, -0.2) is 10.2 Å². The van der Waals surface area contributed by atoms with Gasteiger partial charge in [-0.15, -0.1) is 0 Å². The van der Waals surface area contributed by atoms with E-state index >= 15 is 0 Å². The summed E-state index contributed by atoms with van der Waals surface area (Å²) in [5.41, 5.74) is 3.25. The number of benzene rings is 3. The van der Waals surface area contributed by atoms with Crippen LogP contribution in [-0.2, 0) is 0 Å². The Labute approximate surface area is 117 Å². The average molecular weight is 262 g/mol. The monoisotopic (exact) mass is 262 g/mol. The first kappa shape index (κ1) is 12.3. The van der Waals surface area contributed by atoms with Gasteiger partial charge in [0.2, 0.25) is 0 Å². The minimum Gasteiger partial charge on any atom is -0.508 e. The second kappa shape index (κ2) is 5.10. The molecule has 0 aliphatic heterocycles. The molecule has 3 rings (SSSR count). The zero-order chi connectivity index (χ0) is 13.9. The number of hydrogen-bond donors (Lipinski definition) is 2. The topological polar surface area (TPSA) is 40.5 Å². The molecule has 0 spiro atoms. The zero-order valence-electron chi connectivity index (χ0n) is 10.8. The van der Waals surface area contributed by atoms with E-state index in [-0.39, 0.29) is 11.5 Å². The molecule has 3 aromatic rings. The van der Waals surface area contributed by atoms with Crippen molar-refractivity contribution < 1.29 is 10.2 Å². The minimum absolute atomic E-state index is 0.187. The second-order valence-electron chi connectivity index (χ2n) is 4.62. The van der Waals surface area contributed by atoms with E-state index in [1.54, 1.807) is 18.2 Å². The lowest BCUT2D eigenvalue weighted by Gasteiger charge is -2.10. The maximum atomic E-state index is 10.5. The summed E-state index contributed by atoms with van der Waals surface area (Å²) in [6.07, 6.45) is 0. The Morgan fingerprint density at radius 1 is 0.550 bits per heavy atom. The van der Waals surface area contributed by atoms with Crippen LogP contribution >= 0.6 is 0 Å². The third kappa shape index (κ3) is 2.24. The van der Waals surface area contributed by atoms with E-state index in [0.717, 1.165) is 16.7 Å². The van der Waals surface area contributed by atoms with Gasteiger partial charge in [0.1, 0.15) is 11.5 Å². The molecule has 98 valence electrons. The molecule has 3 aromatic carbocycles. The van der Waals surface area contributed by atoms with E-state index in [0.29, 0.717) is 5.56 Å². The van der Waals surface area contributed by atoms with Gasteiger partial charge >= 0.3 is 0 Å². The molecule has 0 unspecified atom stereocenters. The molecule has 0 aromatic heterocycles. The summed E-state index contributed by atoms with van der Waals surface area (Å²) in [6, 6.07) is 22.3. The van der Waals surface area contributed by atoms with Gasteiger partial charge in [0.15, 0.2) is 0 Å². The van der Waals surface area contributed by atoms with Crippen molar-refractivity contribution in [3.63, 3.8) is 0 Å². The van der Waals surface area contributed by atoms with Gasteiger partial charge in [-0.3, -0.25) is 0 Å². The van der Waals surface area contributed by atoms with Crippen LogP contribution in [0.5, 0.6) is 11.5 Å². The minimum atomic E-state index is 0.187. The highest BCUT2D eigenvalue weighted by Crippen LogP contribution is 2.38. The second-order valence-corrected chi connectivity index (χ2v) is 4.62. The summed E-state index contributed by atoms with van der Waals surface area (Å²) in [5, 5.41) is 20.1. The Morgan fingerprint density at radius 2 is 1.15 bits per heavy atom. The molecule has 0 aliphatic rings. The molecule has 0 radical (unpaired) electrons. The van der Waals surface area contributed by atoms with E-state index in [4.69, 9.17) is 0 Å². The van der Waals surface area contributed by atoms with Gasteiger partial charge < -0.3 is 10.2 Å². The van der Waals surface area contributed by atoms with Crippen LogP contribution in [0.1, 0.15) is 0 Å². The van der Waals surface area contributed by atoms with Gasteiger partial charge in [-0.25, -0.2) is 0 Å². The number of aromatic hydroxyl groups is 2. The molecule has 0 fully saturated rings. The van der Waals surface area contributed by atoms with Gasteiger partial charge in [-0.05, 0) is 23.3 Å². The van der Waals surface area contributed by atoms with Crippen LogP contribution in [0.3, 0.4) is 0 Å². The van der Waals surface area contributed by atoms with Crippen molar-refractivity contribution in [1.82, 2.24) is 0 Å². The molecule has 2 heteroatoms. The van der Waals surface area contributed by atoms with E-state index < -0.39 is 0 Å². The van der Waals surface area contributed by atoms with Crippen molar-refractivity contribution in [1.29, 1.82) is 0 Å². The van der Waals surface area contributed by atoms with E-state index in [2.05, 4.69) is 0 Å². The molecule has 0 saturated heterocycles. The Bertz CT molecular complexity index is 733. The van der Waals surface area contributed by atoms with E-state index in [1.165, 1.54) is 0 Å². The maximum Gasteiger partial charge on any atom is 0.131 e. The molecule has 0 amide bonds. The molecule has 0 saturated carbocycles. The molecular formula is C18H14O2. The highest BCUT2D eigenvalue weighted by atomic mass is 16.3. The first-order valence-corrected chi connectivity index (χ1v) is 6.42. The number of para-hydroxylation sites is 1. The zero-order valence-corrected chi connectivity index (χ0v) is 10.8. The van der Waals surface area contributed by atoms with Crippen molar-refractivity contribution in [2.24, 2.45) is 0 Å². The van der Waals surface area contributed by atoms with Crippen LogP contribution in [0.25, 0.3) is 22.3 Å². The Hall–Kier alpha value is -2.74. The average Bonchev–Trinajstić information content (AvgIpc) is 2.48. The molecule has 0 heterocycles. The summed E-state index contributed by atoms with van der Waals surface area (Å²) in [7, 11) is 0. The van der Waals surface area contributed by atoms with Crippen molar-refractivity contribution in [3.05, 3.63) is 72.8 Å². The van der Waals surface area contributed by atoms with Gasteiger partial charge in [-0.2, -0.15) is 0 Å². The molecule has 0 bridgehead atoms. The Balaban J connectivity index is 2.15. The molecule has 2 nitrogen and oxygen atoms in total. The lowest BCUT2D eigenvalue weighted by atomic mass is 9.97. The number of phenols is 2. The summed E-state index contributed by atoms with van der Waals surface area (Å²) in [6.45, 7) is 0. The van der Waals surface area contributed by atoms with Crippen LogP contribution < -0.4 is 0 Å². The van der Waals surface area contributed by atoms with E-state index in [9.17, 15) is 10.2 Å².